The molecule has 284 valence electrons. The number of morpholine rings is 4. The zero-order valence-corrected chi connectivity index (χ0v) is 31.1. The van der Waals surface area contributed by atoms with Gasteiger partial charge < -0.3 is 18.9 Å². The number of aromatic amines is 1. The van der Waals surface area contributed by atoms with E-state index < -0.39 is 45.0 Å². The first-order chi connectivity index (χ1) is 24.8. The van der Waals surface area contributed by atoms with Crippen LogP contribution < -0.4 is 4.63 Å². The third-order valence-electron chi connectivity index (χ3n) is 9.52. The smallest absolute Gasteiger partial charge is 0.272 e. The predicted octanol–water partition coefficient (Wildman–Crippen LogP) is -2.36. The van der Waals surface area contributed by atoms with Crippen LogP contribution in [0.4, 0.5) is 0 Å². The third kappa shape index (κ3) is 6.01. The molecule has 1 N–H and O–H groups in total. The Labute approximate surface area is 299 Å². The third-order valence-corrected chi connectivity index (χ3v) is 17.1. The van der Waals surface area contributed by atoms with E-state index in [9.17, 15) is 33.7 Å². The first-order valence-corrected chi connectivity index (χ1v) is 22.3. The topological polar surface area (TPSA) is 224 Å². The van der Waals surface area contributed by atoms with Crippen molar-refractivity contribution in [2.75, 3.05) is 105 Å². The highest BCUT2D eigenvalue weighted by Gasteiger charge is 2.40. The number of rotatable bonds is 8. The Hall–Kier alpha value is -2.88. The molecule has 0 unspecified atom stereocenters. The Kier molecular flexibility index (Phi) is 9.34. The fourth-order valence-electron chi connectivity index (χ4n) is 6.72. The van der Waals surface area contributed by atoms with E-state index in [2.05, 4.69) is 10.2 Å². The van der Waals surface area contributed by atoms with E-state index in [-0.39, 0.29) is 142 Å². The summed E-state index contributed by atoms with van der Waals surface area (Å²) in [5, 5.41) is 7.58. The minimum absolute atomic E-state index is 0.00956. The minimum atomic E-state index is -4.36. The van der Waals surface area contributed by atoms with Crippen LogP contribution in [0.2, 0.25) is 0 Å². The molecule has 4 aliphatic heterocycles. The second-order valence-electron chi connectivity index (χ2n) is 12.5. The first kappa shape index (κ1) is 36.1. The lowest BCUT2D eigenvalue weighted by molar-refractivity contribution is -0.649. The summed E-state index contributed by atoms with van der Waals surface area (Å²) in [7, 11) is -17.2. The molecule has 24 heteroatoms. The van der Waals surface area contributed by atoms with Crippen molar-refractivity contribution in [2.45, 2.75) is 19.6 Å². The molecule has 0 saturated carbocycles. The molecule has 0 radical (unpaired) electrons. The number of hydrogen-bond donors (Lipinski definition) is 1. The average molecular weight is 806 g/mol. The van der Waals surface area contributed by atoms with Gasteiger partial charge in [0.15, 0.2) is 5.52 Å². The molecular weight excluding hydrogens is 769 g/mol. The van der Waals surface area contributed by atoms with Crippen molar-refractivity contribution >= 4 is 62.2 Å². The molecule has 0 aliphatic carbocycles. The molecule has 0 amide bonds. The van der Waals surface area contributed by atoms with Crippen LogP contribution in [0.3, 0.4) is 0 Å². The Morgan fingerprint density at radius 3 is 1.37 bits per heavy atom. The molecule has 2 aromatic heterocycles. The van der Waals surface area contributed by atoms with Crippen molar-refractivity contribution in [2.24, 2.45) is 0 Å². The lowest BCUT2D eigenvalue weighted by Gasteiger charge is -2.27. The summed E-state index contributed by atoms with van der Waals surface area (Å²) < 4.78 is 141. The summed E-state index contributed by atoms with van der Waals surface area (Å²) in [6.45, 7) is 1.52. The predicted molar refractivity (Wildman–Crippen MR) is 179 cm³/mol. The van der Waals surface area contributed by atoms with Crippen LogP contribution in [-0.4, -0.2) is 171 Å². The average Bonchev–Trinajstić information content (AvgIpc) is 3.72. The second-order valence-corrected chi connectivity index (χ2v) is 20.2. The molecule has 8 rings (SSSR count). The van der Waals surface area contributed by atoms with Crippen molar-refractivity contribution in [3.05, 3.63) is 24.3 Å². The fourth-order valence-corrected chi connectivity index (χ4v) is 12.9. The van der Waals surface area contributed by atoms with Gasteiger partial charge in [0.05, 0.1) is 67.7 Å². The monoisotopic (exact) mass is 805 g/mol. The Morgan fingerprint density at radius 2 is 0.904 bits per heavy atom. The number of benzene rings is 2. The highest BCUT2D eigenvalue weighted by molar-refractivity contribution is 7.90. The quantitative estimate of drug-likeness (QED) is 0.184. The minimum Gasteiger partial charge on any atom is -0.379 e. The molecule has 2 aromatic carbocycles. The molecule has 4 saturated heterocycles. The maximum Gasteiger partial charge on any atom is 0.272 e. The van der Waals surface area contributed by atoms with Crippen LogP contribution in [0, 0.1) is 0 Å². The Bertz CT molecular complexity index is 2310. The molecule has 0 bridgehead atoms. The van der Waals surface area contributed by atoms with Gasteiger partial charge in [-0.3, -0.25) is 0 Å². The molecule has 20 nitrogen and oxygen atoms in total. The summed E-state index contributed by atoms with van der Waals surface area (Å²) in [5.74, 6) is 0. The van der Waals surface area contributed by atoms with Gasteiger partial charge in [-0.25, -0.2) is 38.8 Å². The van der Waals surface area contributed by atoms with Crippen molar-refractivity contribution in [1.29, 1.82) is 0 Å². The van der Waals surface area contributed by atoms with Crippen molar-refractivity contribution in [3.8, 4) is 0 Å². The van der Waals surface area contributed by atoms with Gasteiger partial charge in [-0.1, -0.05) is 0 Å². The van der Waals surface area contributed by atoms with Gasteiger partial charge in [0.2, 0.25) is 45.6 Å². The van der Waals surface area contributed by atoms with E-state index >= 15 is 0 Å². The SMILES string of the molecule is O=S(=O)(c1cc(S(=O)(=O)N2CCOCC2)c2[nH][n+]3c4cc(S(=O)(=O)N5CCOCC5)cc(S(=O)(=O)N5CCOCC5)c4nn3c2c1)N1CCOCC1. The largest absolute Gasteiger partial charge is 0.379 e. The lowest BCUT2D eigenvalue weighted by atomic mass is 10.3. The molecule has 0 atom stereocenters. The first-order valence-electron chi connectivity index (χ1n) is 16.6. The molecular formula is C28H37N8O12S4+. The van der Waals surface area contributed by atoms with Crippen LogP contribution in [0.15, 0.2) is 43.8 Å². The summed E-state index contributed by atoms with van der Waals surface area (Å²) >= 11 is 0. The van der Waals surface area contributed by atoms with E-state index in [1.54, 1.807) is 0 Å². The van der Waals surface area contributed by atoms with E-state index in [0.29, 0.717) is 0 Å². The van der Waals surface area contributed by atoms with Gasteiger partial charge in [-0.15, -0.1) is 0 Å². The van der Waals surface area contributed by atoms with Crippen LogP contribution in [0.25, 0.3) is 22.1 Å². The van der Waals surface area contributed by atoms with Crippen molar-refractivity contribution in [3.63, 3.8) is 0 Å². The molecule has 0 spiro atoms. The number of H-pyrrole nitrogens is 1. The number of ether oxygens (including phenoxy) is 4. The number of aromatic nitrogens is 4. The van der Waals surface area contributed by atoms with E-state index in [1.807, 2.05) is 0 Å². The Morgan fingerprint density at radius 1 is 0.519 bits per heavy atom. The maximum absolute atomic E-state index is 14.2. The van der Waals surface area contributed by atoms with E-state index in [1.165, 1.54) is 34.0 Å². The highest BCUT2D eigenvalue weighted by atomic mass is 32.2. The Balaban J connectivity index is 1.41. The second kappa shape index (κ2) is 13.5. The number of hydrogen-bond acceptors (Lipinski definition) is 13. The van der Waals surface area contributed by atoms with Gasteiger partial charge in [0.1, 0.15) is 15.3 Å². The summed E-state index contributed by atoms with van der Waals surface area (Å²) in [4.78, 5) is -1.41. The summed E-state index contributed by atoms with van der Waals surface area (Å²) in [6, 6.07) is 4.71. The van der Waals surface area contributed by atoms with Crippen LogP contribution >= 0.6 is 0 Å². The van der Waals surface area contributed by atoms with Gasteiger partial charge in [-0.05, 0) is 22.8 Å². The number of sulfonamides is 4. The van der Waals surface area contributed by atoms with Crippen LogP contribution in [0.5, 0.6) is 0 Å². The lowest BCUT2D eigenvalue weighted by Crippen LogP contribution is -2.41. The summed E-state index contributed by atoms with van der Waals surface area (Å²) in [6.07, 6.45) is 0. The van der Waals surface area contributed by atoms with Crippen molar-refractivity contribution in [1.82, 2.24) is 32.0 Å². The maximum atomic E-state index is 14.2. The molecule has 4 aliphatic rings. The molecule has 4 aromatic rings. The molecule has 52 heavy (non-hydrogen) atoms. The van der Waals surface area contributed by atoms with Crippen LogP contribution in [0.1, 0.15) is 0 Å². The normalized spacial score (nSPS) is 21.8. The van der Waals surface area contributed by atoms with Gasteiger partial charge in [-0.2, -0.15) is 17.2 Å². The van der Waals surface area contributed by atoms with Gasteiger partial charge in [0, 0.05) is 63.1 Å². The zero-order valence-electron chi connectivity index (χ0n) is 27.8. The number of fused-ring (bicyclic) bond motifs is 5. The molecule has 4 fully saturated rings. The van der Waals surface area contributed by atoms with Gasteiger partial charge >= 0.3 is 0 Å². The zero-order chi connectivity index (χ0) is 36.5. The fraction of sp³-hybridized carbons (Fsp3) is 0.571. The van der Waals surface area contributed by atoms with Crippen molar-refractivity contribution < 1.29 is 57.2 Å². The molecule has 6 heterocycles. The van der Waals surface area contributed by atoms with Gasteiger partial charge in [0.25, 0.3) is 5.52 Å². The number of nitrogens with one attached hydrogen (secondary N) is 1. The van der Waals surface area contributed by atoms with E-state index in [0.717, 1.165) is 16.8 Å². The number of nitrogens with zero attached hydrogens (tertiary/aromatic N) is 7. The van der Waals surface area contributed by atoms with E-state index in [4.69, 9.17) is 18.9 Å². The van der Waals surface area contributed by atoms with Crippen LogP contribution in [-0.2, 0) is 59.0 Å². The summed E-state index contributed by atoms with van der Waals surface area (Å²) in [5.41, 5.74) is -0.167. The standard InChI is InChI=1S/C28H37N8O12S4/c37-49(38,31-1-9-45-10-2-31)21-17-23-27(25(19-21)51(41,42)33-5-13-47-14-6-33)29-36-24-18-22(50(39,40)32-3-11-46-12-4-32)20-26(28(24)30-35(23)36)52(43,44)34-7-15-48-16-8-34/h17-20,29H,1-16H2/q+1. The highest BCUT2D eigenvalue weighted by Crippen LogP contribution is 2.33.